The van der Waals surface area contributed by atoms with Crippen LogP contribution in [0.5, 0.6) is 0 Å². The Morgan fingerprint density at radius 2 is 1.90 bits per heavy atom. The largest absolute Gasteiger partial charge is 0.350 e. The molecule has 0 radical (unpaired) electrons. The van der Waals surface area contributed by atoms with Crippen LogP contribution in [0.4, 0.5) is 0 Å². The minimum absolute atomic E-state index is 0.0126. The minimum atomic E-state index is -0.0126. The molecule has 0 aromatic carbocycles. The summed E-state index contributed by atoms with van der Waals surface area (Å²) >= 11 is 0. The molecule has 4 saturated carbocycles. The third-order valence-corrected chi connectivity index (χ3v) is 5.74. The van der Waals surface area contributed by atoms with Gasteiger partial charge >= 0.3 is 0 Å². The maximum absolute atomic E-state index is 12.2. The summed E-state index contributed by atoms with van der Waals surface area (Å²) in [5, 5.41) is 7.33. The van der Waals surface area contributed by atoms with E-state index in [-0.39, 0.29) is 5.91 Å². The molecule has 20 heavy (non-hydrogen) atoms. The van der Waals surface area contributed by atoms with Crippen molar-refractivity contribution in [2.75, 3.05) is 6.54 Å². The van der Waals surface area contributed by atoms with Gasteiger partial charge in [0.25, 0.3) is 5.91 Å². The Morgan fingerprint density at radius 3 is 2.40 bits per heavy atom. The Balaban J connectivity index is 1.43. The van der Waals surface area contributed by atoms with Crippen molar-refractivity contribution in [3.05, 3.63) is 18.0 Å². The van der Waals surface area contributed by atoms with Crippen LogP contribution in [0.3, 0.4) is 0 Å². The van der Waals surface area contributed by atoms with Crippen LogP contribution < -0.4 is 5.32 Å². The maximum atomic E-state index is 12.2. The second-order valence-corrected chi connectivity index (χ2v) is 7.47. The molecular weight excluding hydrogens is 250 g/mol. The van der Waals surface area contributed by atoms with Crippen molar-refractivity contribution in [2.45, 2.75) is 38.5 Å². The van der Waals surface area contributed by atoms with Gasteiger partial charge in [-0.1, -0.05) is 0 Å². The first-order chi connectivity index (χ1) is 9.62. The van der Waals surface area contributed by atoms with E-state index in [4.69, 9.17) is 0 Å². The predicted molar refractivity (Wildman–Crippen MR) is 76.1 cm³/mol. The van der Waals surface area contributed by atoms with Gasteiger partial charge in [0.2, 0.25) is 0 Å². The molecule has 1 aromatic heterocycles. The van der Waals surface area contributed by atoms with E-state index in [0.717, 1.165) is 24.3 Å². The summed E-state index contributed by atoms with van der Waals surface area (Å²) in [6.45, 7) is 0.853. The molecular formula is C16H23N3O. The Morgan fingerprint density at radius 1 is 1.30 bits per heavy atom. The minimum Gasteiger partial charge on any atom is -0.350 e. The molecule has 5 rings (SSSR count). The molecule has 0 aliphatic heterocycles. The monoisotopic (exact) mass is 273 g/mol. The van der Waals surface area contributed by atoms with Crippen LogP contribution in [0.15, 0.2) is 12.3 Å². The normalized spacial score (nSPS) is 38.1. The number of aromatic nitrogens is 2. The Kier molecular flexibility index (Phi) is 2.69. The lowest BCUT2D eigenvalue weighted by Crippen LogP contribution is -2.51. The quantitative estimate of drug-likeness (QED) is 0.919. The molecule has 1 heterocycles. The second-order valence-electron chi connectivity index (χ2n) is 7.47. The molecule has 0 unspecified atom stereocenters. The van der Waals surface area contributed by atoms with Crippen molar-refractivity contribution in [3.8, 4) is 0 Å². The standard InChI is InChI=1S/C16H23N3O/c1-19-3-2-14(18-19)15(20)17-10-16-7-11-4-12(8-16)6-13(5-11)9-16/h2-3,11-13H,4-10H2,1H3,(H,17,20). The second kappa shape index (κ2) is 4.34. The van der Waals surface area contributed by atoms with Crippen LogP contribution >= 0.6 is 0 Å². The molecule has 4 bridgehead atoms. The number of carbonyl (C=O) groups excluding carboxylic acids is 1. The van der Waals surface area contributed by atoms with Gasteiger partial charge in [0.15, 0.2) is 0 Å². The van der Waals surface area contributed by atoms with E-state index in [1.807, 2.05) is 13.2 Å². The molecule has 1 aromatic rings. The maximum Gasteiger partial charge on any atom is 0.271 e. The van der Waals surface area contributed by atoms with Gasteiger partial charge in [-0.2, -0.15) is 5.10 Å². The van der Waals surface area contributed by atoms with Crippen molar-refractivity contribution in [3.63, 3.8) is 0 Å². The van der Waals surface area contributed by atoms with Crippen LogP contribution in [0.25, 0.3) is 0 Å². The number of amides is 1. The fourth-order valence-corrected chi connectivity index (χ4v) is 5.40. The molecule has 4 aliphatic rings. The van der Waals surface area contributed by atoms with E-state index >= 15 is 0 Å². The summed E-state index contributed by atoms with van der Waals surface area (Å²) in [7, 11) is 1.84. The van der Waals surface area contributed by atoms with Crippen molar-refractivity contribution in [1.29, 1.82) is 0 Å². The average Bonchev–Trinajstić information content (AvgIpc) is 2.81. The Bertz CT molecular complexity index is 498. The van der Waals surface area contributed by atoms with Crippen LogP contribution in [0.1, 0.15) is 49.0 Å². The van der Waals surface area contributed by atoms with Gasteiger partial charge in [-0.15, -0.1) is 0 Å². The van der Waals surface area contributed by atoms with Crippen molar-refractivity contribution in [1.82, 2.24) is 15.1 Å². The Hall–Kier alpha value is -1.32. The van der Waals surface area contributed by atoms with E-state index in [1.165, 1.54) is 38.5 Å². The molecule has 0 saturated heterocycles. The highest BCUT2D eigenvalue weighted by Crippen LogP contribution is 2.59. The summed E-state index contributed by atoms with van der Waals surface area (Å²) < 4.78 is 1.68. The van der Waals surface area contributed by atoms with Crippen molar-refractivity contribution in [2.24, 2.45) is 30.2 Å². The number of carbonyl (C=O) groups is 1. The zero-order valence-electron chi connectivity index (χ0n) is 12.1. The van der Waals surface area contributed by atoms with Crippen LogP contribution in [0, 0.1) is 23.2 Å². The number of hydrogen-bond acceptors (Lipinski definition) is 2. The predicted octanol–water partition coefficient (Wildman–Crippen LogP) is 2.37. The summed E-state index contributed by atoms with van der Waals surface area (Å²) in [5.74, 6) is 2.80. The first kappa shape index (κ1) is 12.4. The molecule has 1 N–H and O–H groups in total. The topological polar surface area (TPSA) is 46.9 Å². The van der Waals surface area contributed by atoms with Gasteiger partial charge in [0, 0.05) is 19.8 Å². The van der Waals surface area contributed by atoms with Gasteiger partial charge in [-0.05, 0) is 67.8 Å². The molecule has 4 fully saturated rings. The van der Waals surface area contributed by atoms with Crippen molar-refractivity contribution >= 4 is 5.91 Å². The lowest BCUT2D eigenvalue weighted by molar-refractivity contribution is -0.0503. The van der Waals surface area contributed by atoms with E-state index in [2.05, 4.69) is 10.4 Å². The summed E-state index contributed by atoms with van der Waals surface area (Å²) in [5.41, 5.74) is 0.941. The number of nitrogens with one attached hydrogen (secondary N) is 1. The van der Waals surface area contributed by atoms with Crippen molar-refractivity contribution < 1.29 is 4.79 Å². The molecule has 108 valence electrons. The fraction of sp³-hybridized carbons (Fsp3) is 0.750. The lowest BCUT2D eigenvalue weighted by atomic mass is 9.49. The summed E-state index contributed by atoms with van der Waals surface area (Å²) in [4.78, 5) is 12.2. The third kappa shape index (κ3) is 2.05. The zero-order chi connectivity index (χ0) is 13.7. The highest BCUT2D eigenvalue weighted by atomic mass is 16.1. The first-order valence-electron chi connectivity index (χ1n) is 7.90. The molecule has 4 nitrogen and oxygen atoms in total. The SMILES string of the molecule is Cn1ccc(C(=O)NCC23CC4CC(CC(C4)C2)C3)n1. The van der Waals surface area contributed by atoms with E-state index in [9.17, 15) is 4.79 Å². The number of hydrogen-bond donors (Lipinski definition) is 1. The average molecular weight is 273 g/mol. The van der Waals surface area contributed by atoms with Gasteiger partial charge < -0.3 is 5.32 Å². The lowest BCUT2D eigenvalue weighted by Gasteiger charge is -2.56. The molecule has 4 aliphatic carbocycles. The number of rotatable bonds is 3. The smallest absolute Gasteiger partial charge is 0.271 e. The van der Waals surface area contributed by atoms with E-state index in [1.54, 1.807) is 10.7 Å². The Labute approximate surface area is 119 Å². The van der Waals surface area contributed by atoms with Crippen LogP contribution in [-0.2, 0) is 7.05 Å². The zero-order valence-corrected chi connectivity index (χ0v) is 12.1. The van der Waals surface area contributed by atoms with Gasteiger partial charge in [-0.3, -0.25) is 9.48 Å². The summed E-state index contributed by atoms with van der Waals surface area (Å²) in [6.07, 6.45) is 10.2. The van der Waals surface area contributed by atoms with Gasteiger partial charge in [-0.25, -0.2) is 0 Å². The highest BCUT2D eigenvalue weighted by Gasteiger charge is 2.50. The number of nitrogens with zero attached hydrogens (tertiary/aromatic N) is 2. The highest BCUT2D eigenvalue weighted by molar-refractivity contribution is 5.92. The number of aryl methyl sites for hydroxylation is 1. The molecule has 4 heteroatoms. The molecule has 0 atom stereocenters. The summed E-state index contributed by atoms with van der Waals surface area (Å²) in [6, 6.07) is 1.79. The van der Waals surface area contributed by atoms with Gasteiger partial charge in [0.05, 0.1) is 0 Å². The van der Waals surface area contributed by atoms with E-state index in [0.29, 0.717) is 11.1 Å². The van der Waals surface area contributed by atoms with E-state index < -0.39 is 0 Å². The molecule has 0 spiro atoms. The first-order valence-corrected chi connectivity index (χ1v) is 7.90. The fourth-order valence-electron chi connectivity index (χ4n) is 5.40. The van der Waals surface area contributed by atoms with Gasteiger partial charge in [0.1, 0.15) is 5.69 Å². The third-order valence-electron chi connectivity index (χ3n) is 5.74. The molecule has 1 amide bonds. The van der Waals surface area contributed by atoms with Crippen LogP contribution in [-0.4, -0.2) is 22.2 Å². The van der Waals surface area contributed by atoms with Crippen LogP contribution in [0.2, 0.25) is 0 Å².